The fourth-order valence-corrected chi connectivity index (χ4v) is 0.447. The molecule has 1 radical (unpaired) electrons. The Morgan fingerprint density at radius 2 is 1.44 bits per heavy atom. The standard InChI is InChI=1S/C8H18N/c1-7(2)8(3,4)9(5)6/h1-6H3. The number of hydrogen-bond donors (Lipinski definition) is 0. The second kappa shape index (κ2) is 2.70. The first-order valence-electron chi connectivity index (χ1n) is 3.37. The lowest BCUT2D eigenvalue weighted by molar-refractivity contribution is 0.211. The molecule has 1 nitrogen and oxygen atoms in total. The maximum atomic E-state index is 2.22. The van der Waals surface area contributed by atoms with Gasteiger partial charge in [0.05, 0.1) is 0 Å². The second-order valence-corrected chi connectivity index (χ2v) is 3.45. The molecule has 9 heavy (non-hydrogen) atoms. The molecule has 0 aliphatic carbocycles. The van der Waals surface area contributed by atoms with Crippen LogP contribution in [-0.4, -0.2) is 24.5 Å². The maximum absolute atomic E-state index is 2.22. The van der Waals surface area contributed by atoms with Gasteiger partial charge in [-0.25, -0.2) is 0 Å². The van der Waals surface area contributed by atoms with Gasteiger partial charge >= 0.3 is 0 Å². The van der Waals surface area contributed by atoms with Crippen LogP contribution in [0.2, 0.25) is 0 Å². The van der Waals surface area contributed by atoms with E-state index in [0.29, 0.717) is 0 Å². The molecular formula is C8H18N. The van der Waals surface area contributed by atoms with Gasteiger partial charge in [0, 0.05) is 5.54 Å². The topological polar surface area (TPSA) is 3.24 Å². The summed E-state index contributed by atoms with van der Waals surface area (Å²) in [6, 6.07) is 0. The molecule has 0 spiro atoms. The highest BCUT2D eigenvalue weighted by Crippen LogP contribution is 2.22. The van der Waals surface area contributed by atoms with Gasteiger partial charge in [-0.05, 0) is 33.9 Å². The Kier molecular flexibility index (Phi) is 2.68. The Balaban J connectivity index is 4.01. The maximum Gasteiger partial charge on any atom is 0.0203 e. The third-order valence-electron chi connectivity index (χ3n) is 2.34. The van der Waals surface area contributed by atoms with E-state index >= 15 is 0 Å². The van der Waals surface area contributed by atoms with Crippen LogP contribution in [0.3, 0.4) is 0 Å². The molecule has 0 bridgehead atoms. The van der Waals surface area contributed by atoms with E-state index in [2.05, 4.69) is 46.7 Å². The van der Waals surface area contributed by atoms with Crippen LogP contribution >= 0.6 is 0 Å². The van der Waals surface area contributed by atoms with Crippen LogP contribution in [-0.2, 0) is 0 Å². The van der Waals surface area contributed by atoms with Crippen molar-refractivity contribution >= 4 is 0 Å². The van der Waals surface area contributed by atoms with Crippen molar-refractivity contribution < 1.29 is 0 Å². The summed E-state index contributed by atoms with van der Waals surface area (Å²) in [6.07, 6.45) is 0. The third-order valence-corrected chi connectivity index (χ3v) is 2.34. The summed E-state index contributed by atoms with van der Waals surface area (Å²) >= 11 is 0. The highest BCUT2D eigenvalue weighted by atomic mass is 15.1. The minimum atomic E-state index is 0.250. The zero-order valence-electron chi connectivity index (χ0n) is 7.45. The van der Waals surface area contributed by atoms with Crippen molar-refractivity contribution in [3.05, 3.63) is 5.92 Å². The van der Waals surface area contributed by atoms with Gasteiger partial charge in [-0.1, -0.05) is 13.8 Å². The number of nitrogens with zero attached hydrogens (tertiary/aromatic N) is 1. The van der Waals surface area contributed by atoms with Crippen LogP contribution in [0, 0.1) is 5.92 Å². The van der Waals surface area contributed by atoms with Gasteiger partial charge in [-0.3, -0.25) is 0 Å². The Labute approximate surface area is 59.1 Å². The van der Waals surface area contributed by atoms with Gasteiger partial charge in [0.25, 0.3) is 0 Å². The number of rotatable bonds is 2. The normalized spacial score (nSPS) is 13.3. The van der Waals surface area contributed by atoms with Crippen LogP contribution in [0.25, 0.3) is 0 Å². The van der Waals surface area contributed by atoms with Crippen molar-refractivity contribution in [3.8, 4) is 0 Å². The minimum absolute atomic E-state index is 0.250. The molecule has 0 atom stereocenters. The fraction of sp³-hybridized carbons (Fsp3) is 0.875. The highest BCUT2D eigenvalue weighted by molar-refractivity contribution is 5.01. The monoisotopic (exact) mass is 128 g/mol. The molecule has 0 N–H and O–H groups in total. The van der Waals surface area contributed by atoms with E-state index in [1.807, 2.05) is 0 Å². The van der Waals surface area contributed by atoms with E-state index in [-0.39, 0.29) is 5.54 Å². The first-order chi connectivity index (χ1) is 3.89. The van der Waals surface area contributed by atoms with Gasteiger partial charge < -0.3 is 4.90 Å². The molecule has 0 aliphatic rings. The van der Waals surface area contributed by atoms with Crippen molar-refractivity contribution in [1.82, 2.24) is 4.90 Å². The Morgan fingerprint density at radius 1 is 1.11 bits per heavy atom. The highest BCUT2D eigenvalue weighted by Gasteiger charge is 2.24. The lowest BCUT2D eigenvalue weighted by atomic mass is 9.90. The van der Waals surface area contributed by atoms with Crippen LogP contribution in [0.5, 0.6) is 0 Å². The molecule has 0 aromatic heterocycles. The second-order valence-electron chi connectivity index (χ2n) is 3.45. The molecule has 0 aromatic rings. The van der Waals surface area contributed by atoms with Crippen molar-refractivity contribution in [2.45, 2.75) is 33.2 Å². The van der Waals surface area contributed by atoms with E-state index in [1.165, 1.54) is 5.92 Å². The van der Waals surface area contributed by atoms with Gasteiger partial charge in [0.1, 0.15) is 0 Å². The van der Waals surface area contributed by atoms with Crippen LogP contribution < -0.4 is 0 Å². The summed E-state index contributed by atoms with van der Waals surface area (Å²) in [6.45, 7) is 8.78. The van der Waals surface area contributed by atoms with Gasteiger partial charge in [0.2, 0.25) is 0 Å². The molecule has 0 fully saturated rings. The SMILES string of the molecule is C[C](C)C(C)(C)N(C)C. The molecular weight excluding hydrogens is 110 g/mol. The van der Waals surface area contributed by atoms with Gasteiger partial charge in [-0.2, -0.15) is 0 Å². The van der Waals surface area contributed by atoms with Crippen molar-refractivity contribution in [3.63, 3.8) is 0 Å². The average molecular weight is 128 g/mol. The molecule has 0 amide bonds. The molecule has 0 aliphatic heterocycles. The van der Waals surface area contributed by atoms with E-state index in [0.717, 1.165) is 0 Å². The van der Waals surface area contributed by atoms with E-state index < -0.39 is 0 Å². The lowest BCUT2D eigenvalue weighted by Gasteiger charge is -2.36. The summed E-state index contributed by atoms with van der Waals surface area (Å²) in [5, 5.41) is 0. The van der Waals surface area contributed by atoms with Crippen molar-refractivity contribution in [2.24, 2.45) is 0 Å². The minimum Gasteiger partial charge on any atom is -0.304 e. The third kappa shape index (κ3) is 1.98. The Bertz CT molecular complexity index is 72.6. The van der Waals surface area contributed by atoms with Gasteiger partial charge in [0.15, 0.2) is 0 Å². The van der Waals surface area contributed by atoms with Gasteiger partial charge in [-0.15, -0.1) is 0 Å². The first-order valence-corrected chi connectivity index (χ1v) is 3.37. The molecule has 55 valence electrons. The van der Waals surface area contributed by atoms with Crippen molar-refractivity contribution in [2.75, 3.05) is 14.1 Å². The molecule has 0 saturated heterocycles. The lowest BCUT2D eigenvalue weighted by Crippen LogP contribution is -2.41. The Morgan fingerprint density at radius 3 is 1.44 bits per heavy atom. The summed E-state index contributed by atoms with van der Waals surface area (Å²) in [5.41, 5.74) is 0.250. The predicted octanol–water partition coefficient (Wildman–Crippen LogP) is 1.94. The van der Waals surface area contributed by atoms with E-state index in [9.17, 15) is 0 Å². The van der Waals surface area contributed by atoms with Crippen LogP contribution in [0.4, 0.5) is 0 Å². The predicted molar refractivity (Wildman–Crippen MR) is 42.4 cm³/mol. The summed E-state index contributed by atoms with van der Waals surface area (Å²) < 4.78 is 0. The van der Waals surface area contributed by atoms with Crippen LogP contribution in [0.15, 0.2) is 0 Å². The quantitative estimate of drug-likeness (QED) is 0.549. The summed E-state index contributed by atoms with van der Waals surface area (Å²) in [4.78, 5) is 2.22. The Hall–Kier alpha value is -0.0400. The molecule has 0 unspecified atom stereocenters. The molecule has 0 saturated carbocycles. The molecule has 0 rings (SSSR count). The van der Waals surface area contributed by atoms with E-state index in [4.69, 9.17) is 0 Å². The van der Waals surface area contributed by atoms with Crippen molar-refractivity contribution in [1.29, 1.82) is 0 Å². The largest absolute Gasteiger partial charge is 0.304 e. The van der Waals surface area contributed by atoms with Crippen LogP contribution in [0.1, 0.15) is 27.7 Å². The molecule has 0 aromatic carbocycles. The first kappa shape index (κ1) is 8.96. The van der Waals surface area contributed by atoms with E-state index in [1.54, 1.807) is 0 Å². The summed E-state index contributed by atoms with van der Waals surface area (Å²) in [5.74, 6) is 1.45. The summed E-state index contributed by atoms with van der Waals surface area (Å²) in [7, 11) is 4.21. The zero-order valence-corrected chi connectivity index (χ0v) is 7.45. The number of hydrogen-bond acceptors (Lipinski definition) is 1. The molecule has 1 heteroatoms. The molecule has 0 heterocycles. The smallest absolute Gasteiger partial charge is 0.0203 e. The average Bonchev–Trinajstić information content (AvgIpc) is 1.65. The zero-order chi connectivity index (χ0) is 7.65. The fourth-order valence-electron chi connectivity index (χ4n) is 0.447.